The molecule has 2 aliphatic rings. The predicted octanol–water partition coefficient (Wildman–Crippen LogP) is 1.74. The van der Waals surface area contributed by atoms with Crippen LogP contribution in [0, 0.1) is 0 Å². The quantitative estimate of drug-likeness (QED) is 0.893. The minimum atomic E-state index is -3.57. The molecule has 0 radical (unpaired) electrons. The van der Waals surface area contributed by atoms with E-state index in [1.54, 1.807) is 18.2 Å². The van der Waals surface area contributed by atoms with Crippen LogP contribution in [0.15, 0.2) is 29.2 Å². The lowest BCUT2D eigenvalue weighted by molar-refractivity contribution is -0.177. The summed E-state index contributed by atoms with van der Waals surface area (Å²) >= 11 is 5.90. The molecule has 21 heavy (non-hydrogen) atoms. The summed E-state index contributed by atoms with van der Waals surface area (Å²) in [7, 11) is -3.57. The highest BCUT2D eigenvalue weighted by atomic mass is 35.5. The van der Waals surface area contributed by atoms with Gasteiger partial charge >= 0.3 is 0 Å². The minimum absolute atomic E-state index is 0.200. The Morgan fingerprint density at radius 2 is 2.00 bits per heavy atom. The number of benzene rings is 1. The van der Waals surface area contributed by atoms with Crippen molar-refractivity contribution in [1.29, 1.82) is 0 Å². The van der Waals surface area contributed by atoms with Crippen LogP contribution in [0.3, 0.4) is 0 Å². The van der Waals surface area contributed by atoms with E-state index < -0.39 is 26.9 Å². The van der Waals surface area contributed by atoms with Crippen molar-refractivity contribution in [2.75, 3.05) is 13.2 Å². The van der Waals surface area contributed by atoms with Crippen molar-refractivity contribution in [3.05, 3.63) is 29.3 Å². The molecule has 1 spiro atoms. The Labute approximate surface area is 129 Å². The van der Waals surface area contributed by atoms with E-state index in [0.717, 1.165) is 0 Å². The predicted molar refractivity (Wildman–Crippen MR) is 78.9 cm³/mol. The second-order valence-corrected chi connectivity index (χ2v) is 8.16. The molecule has 7 heteroatoms. The largest absolute Gasteiger partial charge is 0.347 e. The van der Waals surface area contributed by atoms with Crippen molar-refractivity contribution in [1.82, 2.24) is 0 Å². The van der Waals surface area contributed by atoms with Crippen molar-refractivity contribution in [2.24, 2.45) is 5.73 Å². The van der Waals surface area contributed by atoms with Gasteiger partial charge in [-0.3, -0.25) is 0 Å². The Balaban J connectivity index is 1.93. The summed E-state index contributed by atoms with van der Waals surface area (Å²) in [4.78, 5) is 0.200. The maximum absolute atomic E-state index is 12.8. The molecule has 1 saturated heterocycles. The van der Waals surface area contributed by atoms with Gasteiger partial charge in [0.25, 0.3) is 0 Å². The van der Waals surface area contributed by atoms with Crippen LogP contribution in [0.1, 0.15) is 19.3 Å². The first-order valence-electron chi connectivity index (χ1n) is 6.96. The Bertz CT molecular complexity index is 628. The fourth-order valence-electron chi connectivity index (χ4n) is 3.05. The van der Waals surface area contributed by atoms with Crippen LogP contribution in [0.2, 0.25) is 5.02 Å². The number of hydrogen-bond acceptors (Lipinski definition) is 5. The summed E-state index contributed by atoms with van der Waals surface area (Å²) in [5.74, 6) is -0.786. The van der Waals surface area contributed by atoms with E-state index in [0.29, 0.717) is 31.1 Å². The molecular formula is C14H18ClNO4S. The Morgan fingerprint density at radius 1 is 1.29 bits per heavy atom. The standard InChI is InChI=1S/C14H18ClNO4S/c15-10-2-1-3-11(8-10)21(17,18)13-9-14(5-4-12(13)16)19-6-7-20-14/h1-3,8,12-13H,4-7,9,16H2. The zero-order chi connectivity index (χ0) is 15.1. The van der Waals surface area contributed by atoms with Crippen LogP contribution < -0.4 is 5.73 Å². The summed E-state index contributed by atoms with van der Waals surface area (Å²) in [5, 5.41) is -0.327. The average Bonchev–Trinajstić information content (AvgIpc) is 2.90. The van der Waals surface area contributed by atoms with Gasteiger partial charge in [-0.05, 0) is 24.6 Å². The first-order chi connectivity index (χ1) is 9.93. The third-order valence-corrected chi connectivity index (χ3v) is 6.64. The molecule has 1 saturated carbocycles. The molecule has 1 aliphatic heterocycles. The van der Waals surface area contributed by atoms with E-state index in [1.807, 2.05) is 0 Å². The van der Waals surface area contributed by atoms with Gasteiger partial charge in [-0.2, -0.15) is 0 Å². The van der Waals surface area contributed by atoms with Gasteiger partial charge in [-0.25, -0.2) is 8.42 Å². The molecule has 0 bridgehead atoms. The van der Waals surface area contributed by atoms with Gasteiger partial charge < -0.3 is 15.2 Å². The Morgan fingerprint density at radius 3 is 2.67 bits per heavy atom. The summed E-state index contributed by atoms with van der Waals surface area (Å²) in [5.41, 5.74) is 6.07. The number of hydrogen-bond donors (Lipinski definition) is 1. The number of rotatable bonds is 2. The van der Waals surface area contributed by atoms with Crippen molar-refractivity contribution >= 4 is 21.4 Å². The van der Waals surface area contributed by atoms with Gasteiger partial charge in [0.05, 0.1) is 23.4 Å². The molecule has 2 fully saturated rings. The van der Waals surface area contributed by atoms with Crippen molar-refractivity contribution in [3.8, 4) is 0 Å². The summed E-state index contributed by atoms with van der Waals surface area (Å²) in [6, 6.07) is 5.85. The maximum Gasteiger partial charge on any atom is 0.183 e. The van der Waals surface area contributed by atoms with Gasteiger partial charge in [-0.15, -0.1) is 0 Å². The smallest absolute Gasteiger partial charge is 0.183 e. The first-order valence-corrected chi connectivity index (χ1v) is 8.88. The average molecular weight is 332 g/mol. The van der Waals surface area contributed by atoms with Crippen LogP contribution in [0.25, 0.3) is 0 Å². The van der Waals surface area contributed by atoms with Crippen molar-refractivity contribution in [2.45, 2.75) is 41.2 Å². The zero-order valence-electron chi connectivity index (χ0n) is 11.5. The van der Waals surface area contributed by atoms with Gasteiger partial charge in [0.2, 0.25) is 0 Å². The normalized spacial score (nSPS) is 28.9. The highest BCUT2D eigenvalue weighted by molar-refractivity contribution is 7.92. The molecule has 116 valence electrons. The Hall–Kier alpha value is -0.660. The molecule has 1 heterocycles. The summed E-state index contributed by atoms with van der Waals surface area (Å²) in [6.45, 7) is 0.998. The number of ether oxygens (including phenoxy) is 2. The molecule has 3 rings (SSSR count). The molecule has 0 amide bonds. The van der Waals surface area contributed by atoms with E-state index >= 15 is 0 Å². The topological polar surface area (TPSA) is 78.6 Å². The van der Waals surface area contributed by atoms with Crippen LogP contribution in [-0.4, -0.2) is 38.7 Å². The molecular weight excluding hydrogens is 314 g/mol. The molecule has 2 unspecified atom stereocenters. The fourth-order valence-corrected chi connectivity index (χ4v) is 5.28. The lowest BCUT2D eigenvalue weighted by Gasteiger charge is -2.39. The van der Waals surface area contributed by atoms with E-state index in [-0.39, 0.29) is 11.3 Å². The van der Waals surface area contributed by atoms with E-state index in [1.165, 1.54) is 6.07 Å². The molecule has 2 N–H and O–H groups in total. The van der Waals surface area contributed by atoms with Crippen molar-refractivity contribution < 1.29 is 17.9 Å². The van der Waals surface area contributed by atoms with Gasteiger partial charge in [0.15, 0.2) is 15.6 Å². The van der Waals surface area contributed by atoms with Gasteiger partial charge in [-0.1, -0.05) is 17.7 Å². The van der Waals surface area contributed by atoms with Crippen LogP contribution in [0.4, 0.5) is 0 Å². The number of nitrogens with two attached hydrogens (primary N) is 1. The molecule has 1 aromatic carbocycles. The van der Waals surface area contributed by atoms with Crippen LogP contribution in [-0.2, 0) is 19.3 Å². The van der Waals surface area contributed by atoms with E-state index in [9.17, 15) is 8.42 Å². The molecule has 2 atom stereocenters. The molecule has 5 nitrogen and oxygen atoms in total. The molecule has 1 aromatic rings. The first kappa shape index (κ1) is 15.2. The second-order valence-electron chi connectivity index (χ2n) is 5.56. The Kier molecular flexibility index (Phi) is 4.00. The SMILES string of the molecule is NC1CCC2(CC1S(=O)(=O)c1cccc(Cl)c1)OCCO2. The van der Waals surface area contributed by atoms with Gasteiger partial charge in [0, 0.05) is 23.9 Å². The number of sulfone groups is 1. The van der Waals surface area contributed by atoms with Crippen LogP contribution in [0.5, 0.6) is 0 Å². The highest BCUT2D eigenvalue weighted by Crippen LogP contribution is 2.39. The lowest BCUT2D eigenvalue weighted by atomic mass is 9.90. The fraction of sp³-hybridized carbons (Fsp3) is 0.571. The minimum Gasteiger partial charge on any atom is -0.347 e. The van der Waals surface area contributed by atoms with Crippen molar-refractivity contribution in [3.63, 3.8) is 0 Å². The molecule has 1 aliphatic carbocycles. The van der Waals surface area contributed by atoms with E-state index in [4.69, 9.17) is 26.8 Å². The monoisotopic (exact) mass is 331 g/mol. The summed E-state index contributed by atoms with van der Waals surface area (Å²) < 4.78 is 37.0. The summed E-state index contributed by atoms with van der Waals surface area (Å²) in [6.07, 6.45) is 1.46. The third kappa shape index (κ3) is 2.83. The second kappa shape index (κ2) is 5.52. The maximum atomic E-state index is 12.8. The van der Waals surface area contributed by atoms with Crippen LogP contribution >= 0.6 is 11.6 Å². The third-order valence-electron chi connectivity index (χ3n) is 4.19. The highest BCUT2D eigenvalue weighted by Gasteiger charge is 2.48. The molecule has 0 aromatic heterocycles. The lowest BCUT2D eigenvalue weighted by Crippen LogP contribution is -2.52. The number of halogens is 1. The zero-order valence-corrected chi connectivity index (χ0v) is 13.1. The van der Waals surface area contributed by atoms with E-state index in [2.05, 4.69) is 0 Å². The van der Waals surface area contributed by atoms with Gasteiger partial charge in [0.1, 0.15) is 0 Å².